The molecule has 0 saturated carbocycles. The Labute approximate surface area is 105 Å². The lowest BCUT2D eigenvalue weighted by molar-refractivity contribution is -0.119. The molecule has 0 bridgehead atoms. The Balaban J connectivity index is 2.49. The van der Waals surface area contributed by atoms with Crippen LogP contribution in [0.1, 0.15) is 20.3 Å². The normalized spacial score (nSPS) is 25.3. The minimum absolute atomic E-state index is 0.155. The summed E-state index contributed by atoms with van der Waals surface area (Å²) in [5, 5.41) is 2.76. The molecule has 1 fully saturated rings. The molecule has 1 N–H and O–H groups in total. The van der Waals surface area contributed by atoms with Gasteiger partial charge in [-0.2, -0.15) is 11.8 Å². The first kappa shape index (κ1) is 13.6. The highest BCUT2D eigenvalue weighted by molar-refractivity contribution is 8.00. The van der Waals surface area contributed by atoms with Crippen LogP contribution in [0.4, 0.5) is 4.79 Å². The van der Waals surface area contributed by atoms with Gasteiger partial charge in [0, 0.05) is 35.9 Å². The van der Waals surface area contributed by atoms with E-state index in [1.54, 1.807) is 4.90 Å². The van der Waals surface area contributed by atoms with Crippen LogP contribution in [0.5, 0.6) is 0 Å². The molecule has 92 valence electrons. The van der Waals surface area contributed by atoms with Crippen molar-refractivity contribution >= 4 is 35.3 Å². The van der Waals surface area contributed by atoms with Gasteiger partial charge in [0.1, 0.15) is 0 Å². The topological polar surface area (TPSA) is 49.4 Å². The van der Waals surface area contributed by atoms with Gasteiger partial charge < -0.3 is 4.90 Å². The monoisotopic (exact) mass is 264 g/mol. The molecule has 2 atom stereocenters. The Morgan fingerprint density at radius 2 is 2.19 bits per heavy atom. The van der Waals surface area contributed by atoms with Crippen molar-refractivity contribution in [2.24, 2.45) is 0 Å². The van der Waals surface area contributed by atoms with Crippen molar-refractivity contribution in [3.05, 3.63) is 0 Å². The summed E-state index contributed by atoms with van der Waals surface area (Å²) in [6.45, 7) is 4.79. The molecular formula is C10H17ClN2O2S. The molecule has 2 unspecified atom stereocenters. The number of alkyl halides is 1. The summed E-state index contributed by atoms with van der Waals surface area (Å²) >= 11 is 7.28. The van der Waals surface area contributed by atoms with E-state index in [4.69, 9.17) is 11.6 Å². The molecule has 0 aromatic carbocycles. The van der Waals surface area contributed by atoms with Crippen LogP contribution in [-0.2, 0) is 4.79 Å². The van der Waals surface area contributed by atoms with Crippen LogP contribution in [-0.4, -0.2) is 46.3 Å². The fourth-order valence-electron chi connectivity index (χ4n) is 1.56. The third-order valence-electron chi connectivity index (χ3n) is 2.71. The number of imide groups is 1. The van der Waals surface area contributed by atoms with Crippen molar-refractivity contribution in [1.82, 2.24) is 10.2 Å². The van der Waals surface area contributed by atoms with Crippen molar-refractivity contribution in [2.45, 2.75) is 31.6 Å². The molecule has 16 heavy (non-hydrogen) atoms. The van der Waals surface area contributed by atoms with Gasteiger partial charge in [0.05, 0.1) is 0 Å². The zero-order valence-electron chi connectivity index (χ0n) is 9.53. The first-order chi connectivity index (χ1) is 7.56. The van der Waals surface area contributed by atoms with Crippen LogP contribution in [0.25, 0.3) is 0 Å². The van der Waals surface area contributed by atoms with E-state index in [1.165, 1.54) is 0 Å². The van der Waals surface area contributed by atoms with Gasteiger partial charge >= 0.3 is 6.03 Å². The van der Waals surface area contributed by atoms with Crippen molar-refractivity contribution in [3.63, 3.8) is 0 Å². The van der Waals surface area contributed by atoms with Crippen molar-refractivity contribution in [3.8, 4) is 0 Å². The number of thioether (sulfide) groups is 1. The number of urea groups is 1. The molecule has 4 nitrogen and oxygen atoms in total. The maximum absolute atomic E-state index is 11.8. The van der Waals surface area contributed by atoms with Crippen LogP contribution in [0.2, 0.25) is 0 Å². The SMILES string of the molecule is CC1SCCN(C(=O)NC(=O)CCCl)C1C. The van der Waals surface area contributed by atoms with E-state index in [9.17, 15) is 9.59 Å². The van der Waals surface area contributed by atoms with E-state index in [0.717, 1.165) is 5.75 Å². The zero-order valence-corrected chi connectivity index (χ0v) is 11.1. The summed E-state index contributed by atoms with van der Waals surface area (Å²) in [7, 11) is 0. The molecule has 0 aliphatic carbocycles. The summed E-state index contributed by atoms with van der Waals surface area (Å²) in [4.78, 5) is 24.7. The fraction of sp³-hybridized carbons (Fsp3) is 0.800. The van der Waals surface area contributed by atoms with Crippen LogP contribution < -0.4 is 5.32 Å². The molecule has 0 spiro atoms. The Morgan fingerprint density at radius 1 is 1.50 bits per heavy atom. The number of halogens is 1. The third-order valence-corrected chi connectivity index (χ3v) is 4.24. The highest BCUT2D eigenvalue weighted by Gasteiger charge is 2.29. The Hall–Kier alpha value is -0.420. The number of nitrogens with zero attached hydrogens (tertiary/aromatic N) is 1. The Morgan fingerprint density at radius 3 is 2.81 bits per heavy atom. The van der Waals surface area contributed by atoms with E-state index in [1.807, 2.05) is 18.7 Å². The standard InChI is InChI=1S/C10H17ClN2O2S/c1-7-8(2)16-6-5-13(7)10(15)12-9(14)3-4-11/h7-8H,3-6H2,1-2H3,(H,12,14,15). The predicted molar refractivity (Wildman–Crippen MR) is 67.0 cm³/mol. The Bertz CT molecular complexity index is 276. The number of amides is 3. The van der Waals surface area contributed by atoms with Gasteiger partial charge in [0.2, 0.25) is 5.91 Å². The second-order valence-corrected chi connectivity index (χ2v) is 5.67. The van der Waals surface area contributed by atoms with E-state index < -0.39 is 0 Å². The molecule has 1 rings (SSSR count). The van der Waals surface area contributed by atoms with Gasteiger partial charge in [-0.25, -0.2) is 4.79 Å². The molecule has 1 aliphatic heterocycles. The number of carbonyl (C=O) groups excluding carboxylic acids is 2. The second kappa shape index (κ2) is 6.35. The summed E-state index contributed by atoms with van der Waals surface area (Å²) < 4.78 is 0. The van der Waals surface area contributed by atoms with Gasteiger partial charge in [-0.05, 0) is 6.92 Å². The zero-order chi connectivity index (χ0) is 12.1. The molecule has 3 amide bonds. The van der Waals surface area contributed by atoms with Crippen LogP contribution in [0.3, 0.4) is 0 Å². The quantitative estimate of drug-likeness (QED) is 0.772. The smallest absolute Gasteiger partial charge is 0.320 e. The maximum Gasteiger partial charge on any atom is 0.324 e. The lowest BCUT2D eigenvalue weighted by Gasteiger charge is -2.37. The molecule has 0 aromatic rings. The van der Waals surface area contributed by atoms with Gasteiger partial charge in [-0.15, -0.1) is 11.6 Å². The first-order valence-electron chi connectivity index (χ1n) is 5.34. The van der Waals surface area contributed by atoms with E-state index in [2.05, 4.69) is 12.2 Å². The fourth-order valence-corrected chi connectivity index (χ4v) is 2.83. The minimum atomic E-state index is -0.307. The van der Waals surface area contributed by atoms with Crippen molar-refractivity contribution in [2.75, 3.05) is 18.2 Å². The molecule has 1 heterocycles. The number of hydrogen-bond acceptors (Lipinski definition) is 3. The summed E-state index contributed by atoms with van der Waals surface area (Å²) in [6.07, 6.45) is 0.180. The van der Waals surface area contributed by atoms with Gasteiger partial charge in [-0.3, -0.25) is 10.1 Å². The van der Waals surface area contributed by atoms with Crippen molar-refractivity contribution < 1.29 is 9.59 Å². The summed E-state index contributed by atoms with van der Waals surface area (Å²) in [5.74, 6) is 0.849. The average Bonchev–Trinajstić information content (AvgIpc) is 2.22. The number of nitrogens with one attached hydrogen (secondary N) is 1. The molecule has 6 heteroatoms. The van der Waals surface area contributed by atoms with Crippen molar-refractivity contribution in [1.29, 1.82) is 0 Å². The van der Waals surface area contributed by atoms with E-state index in [-0.39, 0.29) is 30.3 Å². The third kappa shape index (κ3) is 3.56. The van der Waals surface area contributed by atoms with Crippen LogP contribution >= 0.6 is 23.4 Å². The number of rotatable bonds is 2. The van der Waals surface area contributed by atoms with E-state index >= 15 is 0 Å². The molecule has 0 aromatic heterocycles. The summed E-state index contributed by atoms with van der Waals surface area (Å²) in [5.41, 5.74) is 0. The van der Waals surface area contributed by atoms with Gasteiger partial charge in [0.15, 0.2) is 0 Å². The molecule has 0 radical (unpaired) electrons. The highest BCUT2D eigenvalue weighted by Crippen LogP contribution is 2.23. The highest BCUT2D eigenvalue weighted by atomic mass is 35.5. The van der Waals surface area contributed by atoms with Gasteiger partial charge in [-0.1, -0.05) is 6.92 Å². The predicted octanol–water partition coefficient (Wildman–Crippen LogP) is 1.68. The molecular weight excluding hydrogens is 248 g/mol. The minimum Gasteiger partial charge on any atom is -0.320 e. The largest absolute Gasteiger partial charge is 0.324 e. The maximum atomic E-state index is 11.8. The first-order valence-corrected chi connectivity index (χ1v) is 6.92. The van der Waals surface area contributed by atoms with E-state index in [0.29, 0.717) is 11.8 Å². The number of hydrogen-bond donors (Lipinski definition) is 1. The lowest BCUT2D eigenvalue weighted by Crippen LogP contribution is -2.53. The van der Waals surface area contributed by atoms with Crippen LogP contribution in [0, 0.1) is 0 Å². The average molecular weight is 265 g/mol. The van der Waals surface area contributed by atoms with Gasteiger partial charge in [0.25, 0.3) is 0 Å². The number of carbonyl (C=O) groups is 2. The second-order valence-electron chi connectivity index (χ2n) is 3.80. The Kier molecular flexibility index (Phi) is 5.41. The van der Waals surface area contributed by atoms with Crippen LogP contribution in [0.15, 0.2) is 0 Å². The molecule has 1 aliphatic rings. The summed E-state index contributed by atoms with van der Waals surface area (Å²) in [6, 6.07) is -0.141. The molecule has 1 saturated heterocycles. The lowest BCUT2D eigenvalue weighted by atomic mass is 10.2.